The van der Waals surface area contributed by atoms with Crippen molar-refractivity contribution in [3.8, 4) is 0 Å². The number of carbonyl (C=O) groups excluding carboxylic acids is 1. The normalized spacial score (nSPS) is 14.8. The van der Waals surface area contributed by atoms with Crippen molar-refractivity contribution in [2.24, 2.45) is 0 Å². The number of halogens is 3. The third-order valence-corrected chi connectivity index (χ3v) is 5.98. The second kappa shape index (κ2) is 8.45. The van der Waals surface area contributed by atoms with Crippen LogP contribution < -0.4 is 15.8 Å². The first-order valence-corrected chi connectivity index (χ1v) is 10.6. The zero-order valence-electron chi connectivity index (χ0n) is 18.1. The Morgan fingerprint density at radius 2 is 1.88 bits per heavy atom. The lowest BCUT2D eigenvalue weighted by molar-refractivity contribution is 0.0957. The summed E-state index contributed by atoms with van der Waals surface area (Å²) in [5.74, 6) is -2.47. The second-order valence-corrected chi connectivity index (χ2v) is 8.02. The average molecular weight is 471 g/mol. The summed E-state index contributed by atoms with van der Waals surface area (Å²) in [6, 6.07) is 5.75. The van der Waals surface area contributed by atoms with Crippen molar-refractivity contribution in [1.29, 1.82) is 0 Å². The van der Waals surface area contributed by atoms with E-state index in [-0.39, 0.29) is 23.3 Å². The number of pyridine rings is 1. The van der Waals surface area contributed by atoms with Crippen LogP contribution in [0.15, 0.2) is 35.3 Å². The van der Waals surface area contributed by atoms with Crippen molar-refractivity contribution < 1.29 is 18.0 Å². The molecule has 176 valence electrons. The van der Waals surface area contributed by atoms with Gasteiger partial charge in [0.25, 0.3) is 11.5 Å². The van der Waals surface area contributed by atoms with Gasteiger partial charge in [0.2, 0.25) is 5.95 Å². The second-order valence-electron chi connectivity index (χ2n) is 8.02. The fourth-order valence-electron chi connectivity index (χ4n) is 4.21. The molecule has 12 heteroatoms. The molecule has 0 bridgehead atoms. The molecule has 1 aliphatic rings. The summed E-state index contributed by atoms with van der Waals surface area (Å²) in [5, 5.41) is 6.24. The standard InChI is InChI=1S/C22H20F3N7O2/c1-26-21(33)15-2-3-17(20(25)28-15)31-6-4-30(5-7-31)11-12-8-16-18(9-13(12)23)32-19(22(34)29-16)14(24)10-27-32/h2-3,8-10H,4-7,11H2,1H3,(H,26,33)(H,29,34). The van der Waals surface area contributed by atoms with Crippen LogP contribution in [0.5, 0.6) is 0 Å². The van der Waals surface area contributed by atoms with Crippen LogP contribution in [0.4, 0.5) is 18.9 Å². The number of anilines is 1. The molecule has 1 aliphatic heterocycles. The van der Waals surface area contributed by atoms with E-state index in [4.69, 9.17) is 0 Å². The Balaban J connectivity index is 1.32. The van der Waals surface area contributed by atoms with Gasteiger partial charge >= 0.3 is 0 Å². The molecule has 3 aromatic heterocycles. The number of aromatic nitrogens is 4. The monoisotopic (exact) mass is 471 g/mol. The number of nitrogens with zero attached hydrogens (tertiary/aromatic N) is 5. The van der Waals surface area contributed by atoms with Gasteiger partial charge in [-0.15, -0.1) is 0 Å². The molecular weight excluding hydrogens is 451 g/mol. The van der Waals surface area contributed by atoms with Gasteiger partial charge in [-0.25, -0.2) is 18.3 Å². The Bertz CT molecular complexity index is 1480. The summed E-state index contributed by atoms with van der Waals surface area (Å²) in [6.45, 7) is 2.32. The number of carbonyl (C=O) groups is 1. The Morgan fingerprint density at radius 3 is 2.59 bits per heavy atom. The van der Waals surface area contributed by atoms with E-state index in [0.29, 0.717) is 42.9 Å². The van der Waals surface area contributed by atoms with Crippen LogP contribution in [0, 0.1) is 17.6 Å². The maximum Gasteiger partial charge on any atom is 0.277 e. The minimum absolute atomic E-state index is 0.00216. The van der Waals surface area contributed by atoms with E-state index >= 15 is 0 Å². The highest BCUT2D eigenvalue weighted by molar-refractivity contribution is 5.92. The number of benzene rings is 1. The molecule has 0 saturated carbocycles. The molecule has 1 aromatic carbocycles. The molecule has 0 aliphatic carbocycles. The van der Waals surface area contributed by atoms with Crippen LogP contribution in [0.2, 0.25) is 0 Å². The lowest BCUT2D eigenvalue weighted by Crippen LogP contribution is -2.46. The van der Waals surface area contributed by atoms with E-state index < -0.39 is 29.0 Å². The zero-order valence-corrected chi connectivity index (χ0v) is 18.1. The van der Waals surface area contributed by atoms with Crippen molar-refractivity contribution in [1.82, 2.24) is 29.8 Å². The van der Waals surface area contributed by atoms with Crippen molar-refractivity contribution in [2.75, 3.05) is 38.1 Å². The van der Waals surface area contributed by atoms with Crippen LogP contribution in [0.1, 0.15) is 16.1 Å². The summed E-state index contributed by atoms with van der Waals surface area (Å²) in [5.41, 5.74) is 0.367. The third-order valence-electron chi connectivity index (χ3n) is 5.98. The van der Waals surface area contributed by atoms with E-state index in [0.717, 1.165) is 10.7 Å². The van der Waals surface area contributed by atoms with E-state index in [9.17, 15) is 22.8 Å². The number of amides is 1. The summed E-state index contributed by atoms with van der Waals surface area (Å²) in [7, 11) is 1.45. The number of nitrogens with one attached hydrogen (secondary N) is 2. The van der Waals surface area contributed by atoms with Crippen LogP contribution in [0.25, 0.3) is 16.6 Å². The molecule has 0 atom stereocenters. The van der Waals surface area contributed by atoms with Crippen molar-refractivity contribution >= 4 is 28.1 Å². The topological polar surface area (TPSA) is 98.6 Å². The fourth-order valence-corrected chi connectivity index (χ4v) is 4.21. The minimum Gasteiger partial charge on any atom is -0.365 e. The molecule has 0 radical (unpaired) electrons. The smallest absolute Gasteiger partial charge is 0.277 e. The highest BCUT2D eigenvalue weighted by Gasteiger charge is 2.22. The van der Waals surface area contributed by atoms with Gasteiger partial charge in [-0.1, -0.05) is 0 Å². The molecule has 2 N–H and O–H groups in total. The van der Waals surface area contributed by atoms with E-state index in [1.165, 1.54) is 31.3 Å². The lowest BCUT2D eigenvalue weighted by Gasteiger charge is -2.36. The molecule has 1 fully saturated rings. The number of aromatic amines is 1. The van der Waals surface area contributed by atoms with Crippen molar-refractivity contribution in [3.05, 3.63) is 69.7 Å². The molecule has 4 heterocycles. The predicted octanol–water partition coefficient (Wildman–Crippen LogP) is 1.67. The number of fused-ring (bicyclic) bond motifs is 3. The molecule has 0 unspecified atom stereocenters. The number of piperazine rings is 1. The van der Waals surface area contributed by atoms with E-state index in [1.807, 2.05) is 9.80 Å². The lowest BCUT2D eigenvalue weighted by atomic mass is 10.1. The Kier molecular flexibility index (Phi) is 5.44. The van der Waals surface area contributed by atoms with E-state index in [2.05, 4.69) is 20.4 Å². The summed E-state index contributed by atoms with van der Waals surface area (Å²) in [6.07, 6.45) is 0.916. The zero-order chi connectivity index (χ0) is 24.0. The Hall–Kier alpha value is -3.93. The maximum absolute atomic E-state index is 14.9. The van der Waals surface area contributed by atoms with Crippen LogP contribution in [-0.2, 0) is 6.54 Å². The number of H-pyrrole nitrogens is 1. The molecule has 4 aromatic rings. The van der Waals surface area contributed by atoms with Gasteiger partial charge < -0.3 is 15.2 Å². The first-order valence-electron chi connectivity index (χ1n) is 10.6. The summed E-state index contributed by atoms with van der Waals surface area (Å²) >= 11 is 0. The predicted molar refractivity (Wildman–Crippen MR) is 118 cm³/mol. The van der Waals surface area contributed by atoms with E-state index in [1.54, 1.807) is 0 Å². The quantitative estimate of drug-likeness (QED) is 0.440. The van der Waals surface area contributed by atoms with Crippen molar-refractivity contribution in [3.63, 3.8) is 0 Å². The van der Waals surface area contributed by atoms with Gasteiger partial charge in [0.05, 0.1) is 22.9 Å². The highest BCUT2D eigenvalue weighted by Crippen LogP contribution is 2.23. The molecule has 1 saturated heterocycles. The van der Waals surface area contributed by atoms with Gasteiger partial charge in [-0.2, -0.15) is 9.49 Å². The third kappa shape index (κ3) is 3.75. The van der Waals surface area contributed by atoms with Gasteiger partial charge in [0.15, 0.2) is 11.3 Å². The fraction of sp³-hybridized carbons (Fsp3) is 0.273. The number of hydrogen-bond donors (Lipinski definition) is 2. The molecule has 9 nitrogen and oxygen atoms in total. The molecule has 0 spiro atoms. The SMILES string of the molecule is CNC(=O)c1ccc(N2CCN(Cc3cc4[nH]c(=O)c5c(F)cnn5c4cc3F)CC2)c(F)n1. The highest BCUT2D eigenvalue weighted by atomic mass is 19.1. The molecular formula is C22H20F3N7O2. The first kappa shape index (κ1) is 21.9. The molecule has 5 rings (SSSR count). The molecule has 34 heavy (non-hydrogen) atoms. The van der Waals surface area contributed by atoms with Crippen LogP contribution >= 0.6 is 0 Å². The van der Waals surface area contributed by atoms with Crippen molar-refractivity contribution in [2.45, 2.75) is 6.54 Å². The summed E-state index contributed by atoms with van der Waals surface area (Å²) < 4.78 is 44.3. The number of rotatable bonds is 4. The minimum atomic E-state index is -0.777. The van der Waals surface area contributed by atoms with Gasteiger partial charge in [-0.05, 0) is 18.2 Å². The van der Waals surface area contributed by atoms with Crippen LogP contribution in [-0.4, -0.2) is 63.6 Å². The number of hydrogen-bond acceptors (Lipinski definition) is 6. The summed E-state index contributed by atoms with van der Waals surface area (Å²) in [4.78, 5) is 34.0. The van der Waals surface area contributed by atoms with Crippen LogP contribution in [0.3, 0.4) is 0 Å². The van der Waals surface area contributed by atoms with Gasteiger partial charge in [0, 0.05) is 51.4 Å². The molecule has 1 amide bonds. The average Bonchev–Trinajstić information content (AvgIpc) is 3.22. The van der Waals surface area contributed by atoms with Gasteiger partial charge in [-0.3, -0.25) is 14.5 Å². The largest absolute Gasteiger partial charge is 0.365 e. The Labute approximate surface area is 190 Å². The van der Waals surface area contributed by atoms with Gasteiger partial charge in [0.1, 0.15) is 11.5 Å². The maximum atomic E-state index is 14.9. The Morgan fingerprint density at radius 1 is 1.12 bits per heavy atom. The first-order chi connectivity index (χ1) is 16.4.